The second-order valence-electron chi connectivity index (χ2n) is 5.26. The molecule has 3 rings (SSSR count). The van der Waals surface area contributed by atoms with Crippen LogP contribution in [0.5, 0.6) is 0 Å². The summed E-state index contributed by atoms with van der Waals surface area (Å²) in [6, 6.07) is 7.97. The molecule has 0 fully saturated rings. The lowest BCUT2D eigenvalue weighted by Gasteiger charge is -2.13. The van der Waals surface area contributed by atoms with Crippen molar-refractivity contribution < 1.29 is 23.2 Å². The zero-order valence-electron chi connectivity index (χ0n) is 12.9. The molecule has 2 heterocycles. The molecule has 0 aliphatic carbocycles. The number of nitro groups is 1. The van der Waals surface area contributed by atoms with Crippen LogP contribution in [0.4, 0.5) is 24.7 Å². The molecule has 9 nitrogen and oxygen atoms in total. The molecule has 136 valence electrons. The molecule has 0 bridgehead atoms. The van der Waals surface area contributed by atoms with Gasteiger partial charge in [0.2, 0.25) is 0 Å². The largest absolute Gasteiger partial charge is 0.453 e. The number of nitrogens with zero attached hydrogens (tertiary/aromatic N) is 5. The number of non-ortho nitro benzene ring substituents is 1. The molecule has 0 radical (unpaired) electrons. The highest BCUT2D eigenvalue weighted by Crippen LogP contribution is 2.27. The number of anilines is 1. The molecule has 0 spiro atoms. The van der Waals surface area contributed by atoms with Gasteiger partial charge in [-0.15, -0.1) is 15.3 Å². The van der Waals surface area contributed by atoms with Crippen molar-refractivity contribution in [1.29, 1.82) is 0 Å². The summed E-state index contributed by atoms with van der Waals surface area (Å²) in [5, 5.41) is 33.6. The Bertz CT molecular complexity index is 941. The molecule has 1 aromatic carbocycles. The first-order valence-corrected chi connectivity index (χ1v) is 7.21. The molecule has 1 atom stereocenters. The molecule has 0 saturated heterocycles. The summed E-state index contributed by atoms with van der Waals surface area (Å²) in [7, 11) is 0. The van der Waals surface area contributed by atoms with E-state index in [2.05, 4.69) is 20.6 Å². The molecule has 12 heteroatoms. The third-order valence-electron chi connectivity index (χ3n) is 3.48. The molecule has 0 unspecified atom stereocenters. The zero-order valence-corrected chi connectivity index (χ0v) is 12.9. The van der Waals surface area contributed by atoms with Crippen LogP contribution in [0, 0.1) is 10.1 Å². The summed E-state index contributed by atoms with van der Waals surface area (Å²) in [6.45, 7) is -0.0696. The summed E-state index contributed by atoms with van der Waals surface area (Å²) in [6.07, 6.45) is -5.75. The molecular formula is C14H11F3N6O3. The number of alkyl halides is 3. The number of fused-ring (bicyclic) bond motifs is 1. The van der Waals surface area contributed by atoms with Crippen molar-refractivity contribution in [3.05, 3.63) is 57.9 Å². The van der Waals surface area contributed by atoms with Gasteiger partial charge in [-0.1, -0.05) is 0 Å². The maximum absolute atomic E-state index is 12.8. The predicted molar refractivity (Wildman–Crippen MR) is 82.3 cm³/mol. The summed E-state index contributed by atoms with van der Waals surface area (Å²) < 4.78 is 39.1. The highest BCUT2D eigenvalue weighted by atomic mass is 19.4. The molecule has 0 aliphatic rings. The van der Waals surface area contributed by atoms with E-state index in [0.717, 1.165) is 0 Å². The van der Waals surface area contributed by atoms with Crippen molar-refractivity contribution in [2.45, 2.75) is 12.3 Å². The minimum Gasteiger partial charge on any atom is -0.387 e. The van der Waals surface area contributed by atoms with Gasteiger partial charge < -0.3 is 10.4 Å². The van der Waals surface area contributed by atoms with Gasteiger partial charge in [0, 0.05) is 18.7 Å². The number of hydrogen-bond acceptors (Lipinski definition) is 7. The van der Waals surface area contributed by atoms with Crippen molar-refractivity contribution in [3.63, 3.8) is 0 Å². The first kappa shape index (κ1) is 17.5. The third-order valence-corrected chi connectivity index (χ3v) is 3.48. The van der Waals surface area contributed by atoms with Crippen LogP contribution in [-0.4, -0.2) is 36.4 Å². The number of nitrogens with one attached hydrogen (secondary N) is 1. The maximum Gasteiger partial charge on any atom is 0.453 e. The van der Waals surface area contributed by atoms with E-state index in [0.29, 0.717) is 10.1 Å². The fourth-order valence-electron chi connectivity index (χ4n) is 2.20. The van der Waals surface area contributed by atoms with Crippen LogP contribution in [0.25, 0.3) is 5.65 Å². The van der Waals surface area contributed by atoms with E-state index >= 15 is 0 Å². The maximum atomic E-state index is 12.8. The molecule has 3 aromatic rings. The smallest absolute Gasteiger partial charge is 0.387 e. The van der Waals surface area contributed by atoms with Crippen LogP contribution < -0.4 is 5.32 Å². The fourth-order valence-corrected chi connectivity index (χ4v) is 2.20. The van der Waals surface area contributed by atoms with Crippen molar-refractivity contribution in [2.24, 2.45) is 0 Å². The zero-order chi connectivity index (χ0) is 18.9. The Labute approximate surface area is 143 Å². The minimum atomic E-state index is -4.71. The average Bonchev–Trinajstić information content (AvgIpc) is 3.03. The fraction of sp³-hybridized carbons (Fsp3) is 0.214. The van der Waals surface area contributed by atoms with Gasteiger partial charge in [0.1, 0.15) is 5.82 Å². The monoisotopic (exact) mass is 368 g/mol. The van der Waals surface area contributed by atoms with E-state index < -0.39 is 23.0 Å². The third kappa shape index (κ3) is 3.54. The molecule has 0 amide bonds. The molecule has 2 N–H and O–H groups in total. The van der Waals surface area contributed by atoms with Crippen LogP contribution in [0.2, 0.25) is 0 Å². The predicted octanol–water partition coefficient (Wildman–Crippen LogP) is 2.20. The number of aromatic nitrogens is 4. The minimum absolute atomic E-state index is 0.0696. The quantitative estimate of drug-likeness (QED) is 0.523. The van der Waals surface area contributed by atoms with Crippen molar-refractivity contribution in [3.8, 4) is 0 Å². The average molecular weight is 368 g/mol. The highest BCUT2D eigenvalue weighted by molar-refractivity contribution is 5.44. The SMILES string of the molecule is O=[N+]([O-])c1ccc([C@H](O)CNc2ccc3nnc(C(F)(F)F)n3n2)cc1. The van der Waals surface area contributed by atoms with Crippen LogP contribution in [-0.2, 0) is 6.18 Å². The lowest BCUT2D eigenvalue weighted by atomic mass is 10.1. The topological polar surface area (TPSA) is 118 Å². The van der Waals surface area contributed by atoms with Gasteiger partial charge in [-0.05, 0) is 29.8 Å². The standard InChI is InChI=1S/C14H11F3N6O3/c15-14(16,17)13-20-19-12-6-5-11(21-22(12)13)18-7-10(24)8-1-3-9(4-2-8)23(25)26/h1-6,10,24H,7H2,(H,18,21)/t10-/m1/s1. The van der Waals surface area contributed by atoms with Gasteiger partial charge in [0.15, 0.2) is 5.65 Å². The number of rotatable bonds is 5. The Morgan fingerprint density at radius 2 is 1.88 bits per heavy atom. The van der Waals surface area contributed by atoms with Gasteiger partial charge in [-0.2, -0.15) is 17.7 Å². The number of nitro benzene ring substituents is 1. The molecule has 26 heavy (non-hydrogen) atoms. The summed E-state index contributed by atoms with van der Waals surface area (Å²) in [5.41, 5.74) is 0.219. The van der Waals surface area contributed by atoms with Crippen LogP contribution in [0.1, 0.15) is 17.5 Å². The van der Waals surface area contributed by atoms with E-state index in [4.69, 9.17) is 0 Å². The number of aliphatic hydroxyl groups excluding tert-OH is 1. The first-order valence-electron chi connectivity index (χ1n) is 7.21. The van der Waals surface area contributed by atoms with E-state index in [9.17, 15) is 28.4 Å². The van der Waals surface area contributed by atoms with E-state index in [1.54, 1.807) is 0 Å². The van der Waals surface area contributed by atoms with Crippen molar-refractivity contribution in [2.75, 3.05) is 11.9 Å². The Morgan fingerprint density at radius 1 is 1.19 bits per heavy atom. The molecule has 0 saturated carbocycles. The Morgan fingerprint density at radius 3 is 2.50 bits per heavy atom. The number of aliphatic hydroxyl groups is 1. The van der Waals surface area contributed by atoms with E-state index in [-0.39, 0.29) is 23.7 Å². The lowest BCUT2D eigenvalue weighted by Crippen LogP contribution is -2.16. The van der Waals surface area contributed by atoms with E-state index in [1.165, 1.54) is 36.4 Å². The molecule has 2 aromatic heterocycles. The van der Waals surface area contributed by atoms with Crippen molar-refractivity contribution in [1.82, 2.24) is 19.8 Å². The molecular weight excluding hydrogens is 357 g/mol. The summed E-state index contributed by atoms with van der Waals surface area (Å²) in [5.74, 6) is -1.18. The van der Waals surface area contributed by atoms with E-state index in [1.807, 2.05) is 0 Å². The first-order chi connectivity index (χ1) is 12.3. The second kappa shape index (κ2) is 6.55. The van der Waals surface area contributed by atoms with Gasteiger partial charge in [0.05, 0.1) is 11.0 Å². The normalized spacial score (nSPS) is 12.9. The van der Waals surface area contributed by atoms with Crippen LogP contribution in [0.15, 0.2) is 36.4 Å². The van der Waals surface area contributed by atoms with Crippen molar-refractivity contribution >= 4 is 17.2 Å². The summed E-state index contributed by atoms with van der Waals surface area (Å²) >= 11 is 0. The number of halogens is 3. The van der Waals surface area contributed by atoms with Gasteiger partial charge in [-0.25, -0.2) is 0 Å². The molecule has 0 aliphatic heterocycles. The Hall–Kier alpha value is -3.28. The number of benzene rings is 1. The van der Waals surface area contributed by atoms with Gasteiger partial charge in [0.25, 0.3) is 11.5 Å². The van der Waals surface area contributed by atoms with Crippen LogP contribution >= 0.6 is 0 Å². The highest BCUT2D eigenvalue weighted by Gasteiger charge is 2.37. The van der Waals surface area contributed by atoms with Crippen LogP contribution in [0.3, 0.4) is 0 Å². The van der Waals surface area contributed by atoms with Gasteiger partial charge >= 0.3 is 6.18 Å². The summed E-state index contributed by atoms with van der Waals surface area (Å²) in [4.78, 5) is 10.0. The Kier molecular flexibility index (Phi) is 4.42. The Balaban J connectivity index is 1.73. The lowest BCUT2D eigenvalue weighted by molar-refractivity contribution is -0.384. The number of hydrogen-bond donors (Lipinski definition) is 2. The van der Waals surface area contributed by atoms with Gasteiger partial charge in [-0.3, -0.25) is 10.1 Å². The second-order valence-corrected chi connectivity index (χ2v) is 5.26.